The van der Waals surface area contributed by atoms with Crippen molar-refractivity contribution in [1.29, 1.82) is 0 Å². The van der Waals surface area contributed by atoms with E-state index in [1.165, 1.54) is 4.88 Å². The van der Waals surface area contributed by atoms with Crippen LogP contribution in [0.1, 0.15) is 45.9 Å². The number of anilines is 1. The molecular formula is C17H26N4OS. The van der Waals surface area contributed by atoms with E-state index in [9.17, 15) is 4.79 Å². The third-order valence-electron chi connectivity index (χ3n) is 3.79. The van der Waals surface area contributed by atoms with Gasteiger partial charge in [0.1, 0.15) is 17.0 Å². The van der Waals surface area contributed by atoms with E-state index >= 15 is 0 Å². The van der Waals surface area contributed by atoms with Gasteiger partial charge < -0.3 is 10.2 Å². The SMILES string of the molecule is CCc1cc2c(NCCC(=O)N(CC)C(C)(C)C)ncnc2s1. The van der Waals surface area contributed by atoms with Crippen molar-refractivity contribution in [2.24, 2.45) is 0 Å². The Morgan fingerprint density at radius 3 is 2.65 bits per heavy atom. The van der Waals surface area contributed by atoms with Crippen LogP contribution < -0.4 is 5.32 Å². The lowest BCUT2D eigenvalue weighted by atomic mass is 10.1. The third-order valence-corrected chi connectivity index (χ3v) is 4.97. The van der Waals surface area contributed by atoms with Gasteiger partial charge in [-0.1, -0.05) is 6.92 Å². The Kier molecular flexibility index (Phi) is 5.57. The fourth-order valence-electron chi connectivity index (χ4n) is 2.67. The van der Waals surface area contributed by atoms with Crippen LogP contribution in [0.5, 0.6) is 0 Å². The summed E-state index contributed by atoms with van der Waals surface area (Å²) in [5.41, 5.74) is -0.141. The Balaban J connectivity index is 2.01. The summed E-state index contributed by atoms with van der Waals surface area (Å²) in [6, 6.07) is 2.14. The second-order valence-electron chi connectivity index (χ2n) is 6.49. The van der Waals surface area contributed by atoms with Gasteiger partial charge >= 0.3 is 0 Å². The van der Waals surface area contributed by atoms with Crippen molar-refractivity contribution >= 4 is 33.3 Å². The second-order valence-corrected chi connectivity index (χ2v) is 7.61. The van der Waals surface area contributed by atoms with Crippen LogP contribution in [0.25, 0.3) is 10.2 Å². The lowest BCUT2D eigenvalue weighted by molar-refractivity contribution is -0.135. The lowest BCUT2D eigenvalue weighted by Gasteiger charge is -2.35. The van der Waals surface area contributed by atoms with Gasteiger partial charge in [-0.15, -0.1) is 11.3 Å². The number of nitrogens with zero attached hydrogens (tertiary/aromatic N) is 3. The molecule has 0 unspecified atom stereocenters. The number of carbonyl (C=O) groups excluding carboxylic acids is 1. The van der Waals surface area contributed by atoms with Crippen LogP contribution >= 0.6 is 11.3 Å². The molecule has 2 heterocycles. The van der Waals surface area contributed by atoms with E-state index in [-0.39, 0.29) is 11.4 Å². The molecule has 0 fully saturated rings. The lowest BCUT2D eigenvalue weighted by Crippen LogP contribution is -2.45. The van der Waals surface area contributed by atoms with Gasteiger partial charge in [0.25, 0.3) is 0 Å². The van der Waals surface area contributed by atoms with Crippen LogP contribution in [-0.2, 0) is 11.2 Å². The predicted octanol–water partition coefficient (Wildman–Crippen LogP) is 3.70. The van der Waals surface area contributed by atoms with E-state index < -0.39 is 0 Å². The number of thiophene rings is 1. The predicted molar refractivity (Wildman–Crippen MR) is 97.0 cm³/mol. The minimum Gasteiger partial charge on any atom is -0.369 e. The van der Waals surface area contributed by atoms with Crippen molar-refractivity contribution in [2.75, 3.05) is 18.4 Å². The third kappa shape index (κ3) is 4.19. The van der Waals surface area contributed by atoms with E-state index in [2.05, 4.69) is 49.0 Å². The Labute approximate surface area is 142 Å². The average Bonchev–Trinajstić information content (AvgIpc) is 2.90. The number of aromatic nitrogens is 2. The van der Waals surface area contributed by atoms with Crippen molar-refractivity contribution in [1.82, 2.24) is 14.9 Å². The minimum atomic E-state index is -0.141. The van der Waals surface area contributed by atoms with E-state index in [4.69, 9.17) is 0 Å². The van der Waals surface area contributed by atoms with Crippen LogP contribution in [0.2, 0.25) is 0 Å². The molecule has 0 saturated carbocycles. The molecule has 0 aliphatic heterocycles. The zero-order chi connectivity index (χ0) is 17.0. The fourth-order valence-corrected chi connectivity index (χ4v) is 3.60. The summed E-state index contributed by atoms with van der Waals surface area (Å²) in [5.74, 6) is 0.981. The molecule has 0 bridgehead atoms. The van der Waals surface area contributed by atoms with E-state index in [1.54, 1.807) is 17.7 Å². The molecule has 0 spiro atoms. The highest BCUT2D eigenvalue weighted by Gasteiger charge is 2.24. The molecular weight excluding hydrogens is 308 g/mol. The molecule has 2 aromatic heterocycles. The number of aryl methyl sites for hydroxylation is 1. The molecule has 0 aromatic carbocycles. The Hall–Kier alpha value is -1.69. The van der Waals surface area contributed by atoms with Crippen molar-refractivity contribution < 1.29 is 4.79 Å². The summed E-state index contributed by atoms with van der Waals surface area (Å²) in [6.45, 7) is 11.6. The average molecular weight is 334 g/mol. The van der Waals surface area contributed by atoms with Crippen LogP contribution in [0.15, 0.2) is 12.4 Å². The van der Waals surface area contributed by atoms with Gasteiger partial charge in [0.15, 0.2) is 0 Å². The standard InChI is InChI=1S/C17H26N4OS/c1-6-12-10-13-15(19-11-20-16(13)23-12)18-9-8-14(22)21(7-2)17(3,4)5/h10-11H,6-9H2,1-5H3,(H,18,19,20). The van der Waals surface area contributed by atoms with Gasteiger partial charge in [-0.2, -0.15) is 0 Å². The van der Waals surface area contributed by atoms with Crippen molar-refractivity contribution in [3.8, 4) is 0 Å². The summed E-state index contributed by atoms with van der Waals surface area (Å²) < 4.78 is 0. The quantitative estimate of drug-likeness (QED) is 0.875. The molecule has 2 aromatic rings. The molecule has 0 saturated heterocycles. The van der Waals surface area contributed by atoms with Gasteiger partial charge in [-0.05, 0) is 40.2 Å². The fraction of sp³-hybridized carbons (Fsp3) is 0.588. The molecule has 1 amide bonds. The first kappa shape index (κ1) is 17.7. The number of carbonyl (C=O) groups is 1. The zero-order valence-corrected chi connectivity index (χ0v) is 15.5. The number of fused-ring (bicyclic) bond motifs is 1. The first-order chi connectivity index (χ1) is 10.9. The van der Waals surface area contributed by atoms with Crippen LogP contribution in [0.3, 0.4) is 0 Å². The van der Waals surface area contributed by atoms with Gasteiger partial charge in [-0.3, -0.25) is 4.79 Å². The van der Waals surface area contributed by atoms with Crippen molar-refractivity contribution in [3.05, 3.63) is 17.3 Å². The molecule has 23 heavy (non-hydrogen) atoms. The maximum Gasteiger partial charge on any atom is 0.224 e. The van der Waals surface area contributed by atoms with Gasteiger partial charge in [0.05, 0.1) is 5.39 Å². The summed E-state index contributed by atoms with van der Waals surface area (Å²) in [5, 5.41) is 4.34. The summed E-state index contributed by atoms with van der Waals surface area (Å²) >= 11 is 1.70. The summed E-state index contributed by atoms with van der Waals surface area (Å²) in [7, 11) is 0. The maximum atomic E-state index is 12.4. The van der Waals surface area contributed by atoms with Crippen LogP contribution in [0.4, 0.5) is 5.82 Å². The number of hydrogen-bond donors (Lipinski definition) is 1. The molecule has 126 valence electrons. The highest BCUT2D eigenvalue weighted by molar-refractivity contribution is 7.18. The Morgan fingerprint density at radius 1 is 1.30 bits per heavy atom. The van der Waals surface area contributed by atoms with Crippen LogP contribution in [0, 0.1) is 0 Å². The second kappa shape index (κ2) is 7.25. The van der Waals surface area contributed by atoms with E-state index in [1.807, 2.05) is 11.8 Å². The minimum absolute atomic E-state index is 0.141. The van der Waals surface area contributed by atoms with Gasteiger partial charge in [0, 0.05) is 29.9 Å². The molecule has 6 heteroatoms. The van der Waals surface area contributed by atoms with Crippen molar-refractivity contribution in [2.45, 2.75) is 53.0 Å². The van der Waals surface area contributed by atoms with Crippen molar-refractivity contribution in [3.63, 3.8) is 0 Å². The first-order valence-electron chi connectivity index (χ1n) is 8.14. The topological polar surface area (TPSA) is 58.1 Å². The maximum absolute atomic E-state index is 12.4. The smallest absolute Gasteiger partial charge is 0.224 e. The largest absolute Gasteiger partial charge is 0.369 e. The van der Waals surface area contributed by atoms with Crippen LogP contribution in [-0.4, -0.2) is 39.4 Å². The summed E-state index contributed by atoms with van der Waals surface area (Å²) in [4.78, 5) is 25.2. The molecule has 0 atom stereocenters. The molecule has 2 rings (SSSR count). The molecule has 5 nitrogen and oxygen atoms in total. The molecule has 1 N–H and O–H groups in total. The zero-order valence-electron chi connectivity index (χ0n) is 14.6. The van der Waals surface area contributed by atoms with E-state index in [0.717, 1.165) is 29.0 Å². The highest BCUT2D eigenvalue weighted by atomic mass is 32.1. The number of hydrogen-bond acceptors (Lipinski definition) is 5. The van der Waals surface area contributed by atoms with E-state index in [0.29, 0.717) is 13.0 Å². The Bertz CT molecular complexity index is 675. The monoisotopic (exact) mass is 334 g/mol. The Morgan fingerprint density at radius 2 is 2.04 bits per heavy atom. The number of amides is 1. The molecule has 0 aliphatic rings. The van der Waals surface area contributed by atoms with Gasteiger partial charge in [0.2, 0.25) is 5.91 Å². The number of rotatable bonds is 6. The van der Waals surface area contributed by atoms with Gasteiger partial charge in [-0.25, -0.2) is 9.97 Å². The highest BCUT2D eigenvalue weighted by Crippen LogP contribution is 2.28. The first-order valence-corrected chi connectivity index (χ1v) is 8.96. The number of nitrogens with one attached hydrogen (secondary N) is 1. The normalized spacial score (nSPS) is 11.7. The molecule has 0 aliphatic carbocycles. The summed E-state index contributed by atoms with van der Waals surface area (Å²) in [6.07, 6.45) is 3.04. The molecule has 0 radical (unpaired) electrons.